The quantitative estimate of drug-likeness (QED) is 0.0800. The van der Waals surface area contributed by atoms with Gasteiger partial charge in [0, 0.05) is 93.8 Å². The van der Waals surface area contributed by atoms with Gasteiger partial charge >= 0.3 is 0 Å². The third-order valence-corrected chi connectivity index (χ3v) is 15.9. The maximum absolute atomic E-state index is 14.5. The molecule has 5 heterocycles. The van der Waals surface area contributed by atoms with Gasteiger partial charge in [-0.1, -0.05) is 43.2 Å². The molecule has 67 heavy (non-hydrogen) atoms. The number of aromatic nitrogens is 2. The topological polar surface area (TPSA) is 175 Å². The number of allylic oxidation sites excluding steroid dienone is 1. The van der Waals surface area contributed by atoms with Crippen molar-refractivity contribution in [3.63, 3.8) is 0 Å². The number of fused-ring (bicyclic) bond motifs is 2. The van der Waals surface area contributed by atoms with Gasteiger partial charge in [-0.15, -0.1) is 0 Å². The lowest BCUT2D eigenvalue weighted by Crippen LogP contribution is -2.47. The van der Waals surface area contributed by atoms with Gasteiger partial charge in [-0.3, -0.25) is 19.8 Å². The van der Waals surface area contributed by atoms with Crippen molar-refractivity contribution >= 4 is 72.6 Å². The fraction of sp³-hybridized carbons (Fsp3) is 0.440. The van der Waals surface area contributed by atoms with Crippen molar-refractivity contribution < 1.29 is 27.6 Å². The van der Waals surface area contributed by atoms with Crippen LogP contribution in [0.3, 0.4) is 0 Å². The number of aromatic amines is 1. The number of carbonyl (C=O) groups is 1. The van der Waals surface area contributed by atoms with Gasteiger partial charge in [0.15, 0.2) is 0 Å². The molecule has 3 fully saturated rings. The predicted molar refractivity (Wildman–Crippen MR) is 261 cm³/mol. The van der Waals surface area contributed by atoms with E-state index in [9.17, 15) is 23.3 Å². The average molecular weight is 950 g/mol. The van der Waals surface area contributed by atoms with Gasteiger partial charge < -0.3 is 29.6 Å². The molecule has 0 unspecified atom stereocenters. The van der Waals surface area contributed by atoms with E-state index in [4.69, 9.17) is 26.1 Å². The second-order valence-corrected chi connectivity index (χ2v) is 21.7. The lowest BCUT2D eigenvalue weighted by Gasteiger charge is -2.39. The van der Waals surface area contributed by atoms with E-state index in [1.54, 1.807) is 6.07 Å². The highest BCUT2D eigenvalue weighted by Crippen LogP contribution is 2.50. The van der Waals surface area contributed by atoms with Crippen LogP contribution < -0.4 is 24.6 Å². The summed E-state index contributed by atoms with van der Waals surface area (Å²) in [5.41, 5.74) is 6.70. The molecule has 1 saturated carbocycles. The molecule has 2 saturated heterocycles. The lowest BCUT2D eigenvalue weighted by atomic mass is 9.72. The number of ether oxygens (including phenoxy) is 2. The molecule has 15 nitrogen and oxygen atoms in total. The number of piperazine rings is 1. The zero-order valence-corrected chi connectivity index (χ0v) is 39.6. The Balaban J connectivity index is 0.937. The van der Waals surface area contributed by atoms with Crippen LogP contribution >= 0.6 is 11.6 Å². The van der Waals surface area contributed by atoms with Gasteiger partial charge in [-0.25, -0.2) is 13.1 Å². The smallest absolute Gasteiger partial charge is 0.293 e. The minimum atomic E-state index is -4.57. The van der Waals surface area contributed by atoms with Crippen molar-refractivity contribution in [2.24, 2.45) is 11.3 Å². The summed E-state index contributed by atoms with van der Waals surface area (Å²) in [6.07, 6.45) is 9.12. The molecule has 17 heteroatoms. The fourth-order valence-corrected chi connectivity index (χ4v) is 11.2. The summed E-state index contributed by atoms with van der Waals surface area (Å²) in [4.78, 5) is 40.7. The second kappa shape index (κ2) is 18.1. The normalized spacial score (nSPS) is 19.7. The summed E-state index contributed by atoms with van der Waals surface area (Å²) in [5, 5.41) is 17.0. The molecular formula is C50H57ClN8O7S. The number of carbonyl (C=O) groups excluding carboxylic acids is 1. The average Bonchev–Trinajstić information content (AvgIpc) is 3.97. The molecule has 1 amide bonds. The zero-order valence-electron chi connectivity index (χ0n) is 38.0. The Labute approximate surface area is 396 Å². The standard InChI is InChI=1S/C50H57ClN8O7S/c1-49(2)15-11-36(41(30-49)34-3-5-37(51)6-4-34)32-56-21-23-57(24-22-56)38-7-9-40(43(28-38)58-20-18-50(16-17-50)66-48-45(58)27-35-12-19-52-46(35)54-48)47(60)55-67(63,64)39-8-10-42(44(29-39)59(61)62)53-31-33-13-25-65-26-14-33/h3-10,12,19,27-29,33,53H,11,13-18,20-26,30-32H2,1-2H3,(H,52,54)(H,55,60). The predicted octanol–water partition coefficient (Wildman–Crippen LogP) is 9.32. The first-order valence-electron chi connectivity index (χ1n) is 23.4. The van der Waals surface area contributed by atoms with Crippen LogP contribution in [0, 0.1) is 21.4 Å². The molecule has 10 rings (SSSR count). The monoisotopic (exact) mass is 948 g/mol. The Kier molecular flexibility index (Phi) is 12.2. The summed E-state index contributed by atoms with van der Waals surface area (Å²) in [6.45, 7) is 11.0. The largest absolute Gasteiger partial charge is 0.469 e. The molecule has 352 valence electrons. The van der Waals surface area contributed by atoms with Crippen LogP contribution in [0.25, 0.3) is 16.6 Å². The number of nitrogens with one attached hydrogen (secondary N) is 3. The number of amides is 1. The number of sulfonamides is 1. The minimum Gasteiger partial charge on any atom is -0.469 e. The van der Waals surface area contributed by atoms with Crippen LogP contribution in [-0.4, -0.2) is 98.7 Å². The Morgan fingerprint density at radius 2 is 1.72 bits per heavy atom. The number of benzene rings is 3. The maximum atomic E-state index is 14.5. The number of nitro groups is 1. The Bertz CT molecular complexity index is 2850. The SMILES string of the molecule is CC1(C)CCC(CN2CCN(c3ccc(C(=O)NS(=O)(=O)c4ccc(NCC5CCOCC5)c([N+](=O)[O-])c4)c(N4CCC5(CC5)Oc5nc6[nH]ccc6cc54)c3)CC2)=C(c2ccc(Cl)cc2)C1. The van der Waals surface area contributed by atoms with E-state index in [2.05, 4.69) is 50.8 Å². The molecule has 2 aromatic heterocycles. The highest BCUT2D eigenvalue weighted by Gasteiger charge is 2.48. The fourth-order valence-electron chi connectivity index (χ4n) is 10.1. The summed E-state index contributed by atoms with van der Waals surface area (Å²) in [6, 6.07) is 21.4. The summed E-state index contributed by atoms with van der Waals surface area (Å²) >= 11 is 6.29. The highest BCUT2D eigenvalue weighted by molar-refractivity contribution is 7.90. The number of nitro benzene ring substituents is 1. The summed E-state index contributed by atoms with van der Waals surface area (Å²) in [5.74, 6) is -0.144. The minimum absolute atomic E-state index is 0.129. The first-order chi connectivity index (χ1) is 32.2. The van der Waals surface area contributed by atoms with E-state index in [0.717, 1.165) is 99.8 Å². The van der Waals surface area contributed by atoms with Crippen molar-refractivity contribution in [1.82, 2.24) is 19.6 Å². The lowest BCUT2D eigenvalue weighted by molar-refractivity contribution is -0.384. The van der Waals surface area contributed by atoms with Crippen molar-refractivity contribution in [2.45, 2.75) is 75.7 Å². The van der Waals surface area contributed by atoms with Crippen LogP contribution in [-0.2, 0) is 14.8 Å². The molecular weight excluding hydrogens is 892 g/mol. The van der Waals surface area contributed by atoms with Crippen LogP contribution in [0.5, 0.6) is 5.88 Å². The third kappa shape index (κ3) is 9.72. The molecule has 2 aliphatic carbocycles. The van der Waals surface area contributed by atoms with Gasteiger partial charge in [-0.2, -0.15) is 4.98 Å². The van der Waals surface area contributed by atoms with Crippen molar-refractivity contribution in [2.75, 3.05) is 74.1 Å². The van der Waals surface area contributed by atoms with E-state index in [1.165, 1.54) is 28.8 Å². The Hall–Kier alpha value is -5.68. The number of halogens is 1. The first-order valence-corrected chi connectivity index (χ1v) is 25.3. The van der Waals surface area contributed by atoms with Crippen LogP contribution in [0.4, 0.5) is 28.4 Å². The van der Waals surface area contributed by atoms with Gasteiger partial charge in [0.05, 0.1) is 21.1 Å². The molecule has 1 spiro atoms. The van der Waals surface area contributed by atoms with E-state index in [1.807, 2.05) is 47.5 Å². The van der Waals surface area contributed by atoms with Crippen LogP contribution in [0.15, 0.2) is 89.5 Å². The number of H-pyrrole nitrogens is 1. The number of pyridine rings is 1. The number of rotatable bonds is 12. The number of hydrogen-bond acceptors (Lipinski definition) is 12. The van der Waals surface area contributed by atoms with Gasteiger partial charge in [0.25, 0.3) is 21.6 Å². The molecule has 3 aliphatic heterocycles. The Morgan fingerprint density at radius 3 is 2.46 bits per heavy atom. The van der Waals surface area contributed by atoms with Crippen LogP contribution in [0.1, 0.15) is 81.1 Å². The Morgan fingerprint density at radius 1 is 0.940 bits per heavy atom. The van der Waals surface area contributed by atoms with Crippen molar-refractivity contribution in [1.29, 1.82) is 0 Å². The number of anilines is 4. The van der Waals surface area contributed by atoms with Crippen molar-refractivity contribution in [3.8, 4) is 5.88 Å². The van der Waals surface area contributed by atoms with E-state index in [0.29, 0.717) is 55.6 Å². The molecule has 3 N–H and O–H groups in total. The molecule has 0 atom stereocenters. The third-order valence-electron chi connectivity index (χ3n) is 14.4. The molecule has 3 aromatic carbocycles. The second-order valence-electron chi connectivity index (χ2n) is 19.6. The molecule has 0 bridgehead atoms. The highest BCUT2D eigenvalue weighted by atomic mass is 35.5. The van der Waals surface area contributed by atoms with Crippen molar-refractivity contribution in [3.05, 3.63) is 111 Å². The first kappa shape index (κ1) is 45.1. The molecule has 5 aliphatic rings. The zero-order chi connectivity index (χ0) is 46.5. The maximum Gasteiger partial charge on any atom is 0.293 e. The van der Waals surface area contributed by atoms with E-state index >= 15 is 0 Å². The van der Waals surface area contributed by atoms with E-state index < -0.39 is 31.4 Å². The number of nitrogens with zero attached hydrogens (tertiary/aromatic N) is 5. The van der Waals surface area contributed by atoms with E-state index in [-0.39, 0.29) is 28.2 Å². The number of hydrogen-bond donors (Lipinski definition) is 3. The molecule has 5 aromatic rings. The molecule has 0 radical (unpaired) electrons. The van der Waals surface area contributed by atoms with Crippen LogP contribution in [0.2, 0.25) is 5.02 Å². The van der Waals surface area contributed by atoms with Gasteiger partial charge in [0.2, 0.25) is 5.88 Å². The summed E-state index contributed by atoms with van der Waals surface area (Å²) in [7, 11) is -4.57. The van der Waals surface area contributed by atoms with Gasteiger partial charge in [-0.05, 0) is 122 Å². The van der Waals surface area contributed by atoms with Gasteiger partial charge in [0.1, 0.15) is 22.6 Å². The summed E-state index contributed by atoms with van der Waals surface area (Å²) < 4.78 is 42.4.